The van der Waals surface area contributed by atoms with Crippen LogP contribution >= 0.6 is 0 Å². The molecule has 2 rings (SSSR count). The van der Waals surface area contributed by atoms with Crippen molar-refractivity contribution >= 4 is 0 Å². The van der Waals surface area contributed by atoms with E-state index in [9.17, 15) is 0 Å². The van der Waals surface area contributed by atoms with Crippen molar-refractivity contribution in [3.8, 4) is 0 Å². The zero-order valence-corrected chi connectivity index (χ0v) is 13.7. The fraction of sp³-hybridized carbons (Fsp3) is 0.647. The molecule has 1 heterocycles. The number of nitrogens with two attached hydrogens (primary N) is 1. The number of ether oxygens (including phenoxy) is 1. The van der Waals surface area contributed by atoms with Crippen LogP contribution in [-0.2, 0) is 11.3 Å². The molecule has 1 saturated heterocycles. The number of methoxy groups -OCH3 is 1. The van der Waals surface area contributed by atoms with Crippen LogP contribution in [0.5, 0.6) is 0 Å². The number of hydrogen-bond donors (Lipinski definition) is 1. The van der Waals surface area contributed by atoms with Gasteiger partial charge in [-0.3, -0.25) is 9.80 Å². The van der Waals surface area contributed by atoms with Crippen molar-refractivity contribution in [2.75, 3.05) is 33.8 Å². The summed E-state index contributed by atoms with van der Waals surface area (Å²) in [6.45, 7) is 8.02. The van der Waals surface area contributed by atoms with Crippen LogP contribution in [0.2, 0.25) is 0 Å². The number of piperazine rings is 1. The van der Waals surface area contributed by atoms with Gasteiger partial charge >= 0.3 is 0 Å². The average Bonchev–Trinajstić information content (AvgIpc) is 2.46. The number of benzene rings is 1. The maximum absolute atomic E-state index is 6.10. The molecule has 4 nitrogen and oxygen atoms in total. The largest absolute Gasteiger partial charge is 0.380 e. The van der Waals surface area contributed by atoms with Gasteiger partial charge in [0, 0.05) is 44.9 Å². The molecule has 3 atom stereocenters. The molecule has 21 heavy (non-hydrogen) atoms. The Morgan fingerprint density at radius 1 is 1.29 bits per heavy atom. The van der Waals surface area contributed by atoms with Gasteiger partial charge in [0.05, 0.1) is 6.61 Å². The first-order chi connectivity index (χ1) is 10.1. The van der Waals surface area contributed by atoms with E-state index in [1.54, 1.807) is 7.11 Å². The summed E-state index contributed by atoms with van der Waals surface area (Å²) in [4.78, 5) is 4.98. The summed E-state index contributed by atoms with van der Waals surface area (Å²) >= 11 is 0. The Morgan fingerprint density at radius 3 is 2.52 bits per heavy atom. The molecule has 0 amide bonds. The highest BCUT2D eigenvalue weighted by Crippen LogP contribution is 2.25. The summed E-state index contributed by atoms with van der Waals surface area (Å²) in [6.07, 6.45) is 0. The van der Waals surface area contributed by atoms with E-state index in [1.807, 2.05) is 0 Å². The normalized spacial score (nSPS) is 26.0. The zero-order valence-electron chi connectivity index (χ0n) is 13.7. The maximum atomic E-state index is 6.10. The molecule has 1 aromatic rings. The van der Waals surface area contributed by atoms with Crippen molar-refractivity contribution < 1.29 is 4.74 Å². The van der Waals surface area contributed by atoms with Gasteiger partial charge in [-0.1, -0.05) is 24.3 Å². The third-order valence-corrected chi connectivity index (χ3v) is 4.70. The van der Waals surface area contributed by atoms with Gasteiger partial charge in [-0.05, 0) is 32.0 Å². The number of nitrogens with zero attached hydrogens (tertiary/aromatic N) is 2. The smallest absolute Gasteiger partial charge is 0.0713 e. The second kappa shape index (κ2) is 7.36. The molecule has 1 aliphatic heterocycles. The summed E-state index contributed by atoms with van der Waals surface area (Å²) in [6, 6.07) is 10.0. The van der Waals surface area contributed by atoms with Crippen LogP contribution < -0.4 is 5.73 Å². The Kier molecular flexibility index (Phi) is 5.76. The molecule has 0 aromatic heterocycles. The molecule has 1 aromatic carbocycles. The van der Waals surface area contributed by atoms with Crippen LogP contribution in [0.1, 0.15) is 31.0 Å². The molecular weight excluding hydrogens is 262 g/mol. The molecule has 0 saturated carbocycles. The van der Waals surface area contributed by atoms with E-state index in [2.05, 4.69) is 55.0 Å². The first kappa shape index (κ1) is 16.4. The fourth-order valence-electron chi connectivity index (χ4n) is 3.25. The molecule has 0 spiro atoms. The van der Waals surface area contributed by atoms with Crippen LogP contribution in [0.15, 0.2) is 24.3 Å². The minimum absolute atomic E-state index is 0.292. The van der Waals surface area contributed by atoms with Crippen molar-refractivity contribution in [1.82, 2.24) is 9.80 Å². The Morgan fingerprint density at radius 2 is 1.95 bits per heavy atom. The average molecular weight is 291 g/mol. The lowest BCUT2D eigenvalue weighted by atomic mass is 9.99. The van der Waals surface area contributed by atoms with Crippen molar-refractivity contribution in [2.24, 2.45) is 5.73 Å². The van der Waals surface area contributed by atoms with Gasteiger partial charge in [0.25, 0.3) is 0 Å². The highest BCUT2D eigenvalue weighted by molar-refractivity contribution is 5.26. The van der Waals surface area contributed by atoms with Crippen molar-refractivity contribution in [3.63, 3.8) is 0 Å². The molecule has 3 unspecified atom stereocenters. The SMILES string of the molecule is COCc1cccc(C(CN)N2CC(C)N(C)C(C)C2)c1. The first-order valence-corrected chi connectivity index (χ1v) is 7.80. The summed E-state index contributed by atoms with van der Waals surface area (Å²) in [5.74, 6) is 0. The molecule has 0 aliphatic carbocycles. The van der Waals surface area contributed by atoms with Gasteiger partial charge in [0.2, 0.25) is 0 Å². The Labute approximate surface area is 128 Å². The van der Waals surface area contributed by atoms with Gasteiger partial charge in [0.15, 0.2) is 0 Å². The summed E-state index contributed by atoms with van der Waals surface area (Å²) in [5.41, 5.74) is 8.61. The van der Waals surface area contributed by atoms with Crippen LogP contribution in [0.25, 0.3) is 0 Å². The third kappa shape index (κ3) is 3.83. The van der Waals surface area contributed by atoms with Gasteiger partial charge in [-0.2, -0.15) is 0 Å². The van der Waals surface area contributed by atoms with Crippen molar-refractivity contribution in [1.29, 1.82) is 0 Å². The van der Waals surface area contributed by atoms with E-state index in [0.717, 1.165) is 13.1 Å². The minimum Gasteiger partial charge on any atom is -0.380 e. The number of rotatable bonds is 5. The fourth-order valence-corrected chi connectivity index (χ4v) is 3.25. The predicted octanol–water partition coefficient (Wildman–Crippen LogP) is 1.86. The Balaban J connectivity index is 2.17. The molecule has 4 heteroatoms. The summed E-state index contributed by atoms with van der Waals surface area (Å²) in [7, 11) is 3.94. The Bertz CT molecular complexity index is 439. The highest BCUT2D eigenvalue weighted by Gasteiger charge is 2.30. The lowest BCUT2D eigenvalue weighted by Gasteiger charge is -2.45. The van der Waals surface area contributed by atoms with Crippen molar-refractivity contribution in [3.05, 3.63) is 35.4 Å². The molecule has 0 radical (unpaired) electrons. The van der Waals surface area contributed by atoms with Gasteiger partial charge in [-0.15, -0.1) is 0 Å². The molecule has 1 fully saturated rings. The summed E-state index contributed by atoms with van der Waals surface area (Å²) < 4.78 is 5.24. The topological polar surface area (TPSA) is 41.7 Å². The van der Waals surface area contributed by atoms with Gasteiger partial charge in [0.1, 0.15) is 0 Å². The lowest BCUT2D eigenvalue weighted by Crippen LogP contribution is -2.56. The monoisotopic (exact) mass is 291 g/mol. The number of hydrogen-bond acceptors (Lipinski definition) is 4. The molecule has 0 bridgehead atoms. The predicted molar refractivity (Wildman–Crippen MR) is 87.2 cm³/mol. The lowest BCUT2D eigenvalue weighted by molar-refractivity contribution is 0.0351. The standard InChI is InChI=1S/C17H29N3O/c1-13-10-20(11-14(2)19(13)3)17(9-18)16-7-5-6-15(8-16)12-21-4/h5-8,13-14,17H,9-12,18H2,1-4H3. The Hall–Kier alpha value is -0.940. The molecule has 2 N–H and O–H groups in total. The van der Waals surface area contributed by atoms with E-state index in [0.29, 0.717) is 31.3 Å². The van der Waals surface area contributed by atoms with Gasteiger partial charge in [-0.25, -0.2) is 0 Å². The second-order valence-electron chi connectivity index (χ2n) is 6.25. The van der Waals surface area contributed by atoms with E-state index in [-0.39, 0.29) is 0 Å². The van der Waals surface area contributed by atoms with E-state index < -0.39 is 0 Å². The third-order valence-electron chi connectivity index (χ3n) is 4.70. The van der Waals surface area contributed by atoms with E-state index >= 15 is 0 Å². The number of likely N-dealkylation sites (N-methyl/N-ethyl adjacent to an activating group) is 1. The molecular formula is C17H29N3O. The van der Waals surface area contributed by atoms with E-state index in [4.69, 9.17) is 10.5 Å². The maximum Gasteiger partial charge on any atom is 0.0713 e. The molecule has 118 valence electrons. The quantitative estimate of drug-likeness (QED) is 0.899. The highest BCUT2D eigenvalue weighted by atomic mass is 16.5. The van der Waals surface area contributed by atoms with Crippen molar-refractivity contribution in [2.45, 2.75) is 38.6 Å². The minimum atomic E-state index is 0.292. The van der Waals surface area contributed by atoms with Gasteiger partial charge < -0.3 is 10.5 Å². The van der Waals surface area contributed by atoms with Crippen LogP contribution in [0.3, 0.4) is 0 Å². The summed E-state index contributed by atoms with van der Waals surface area (Å²) in [5, 5.41) is 0. The van der Waals surface area contributed by atoms with Crippen LogP contribution in [-0.4, -0.2) is 55.7 Å². The zero-order chi connectivity index (χ0) is 15.4. The van der Waals surface area contributed by atoms with E-state index in [1.165, 1.54) is 11.1 Å². The molecule has 1 aliphatic rings. The van der Waals surface area contributed by atoms with Crippen LogP contribution in [0, 0.1) is 0 Å². The first-order valence-electron chi connectivity index (χ1n) is 7.80. The van der Waals surface area contributed by atoms with Crippen LogP contribution in [0.4, 0.5) is 0 Å². The second-order valence-corrected chi connectivity index (χ2v) is 6.25.